The summed E-state index contributed by atoms with van der Waals surface area (Å²) in [5, 5.41) is 14.6. The van der Waals surface area contributed by atoms with Crippen LogP contribution in [0.4, 0.5) is 24.8 Å². The number of hydrogen-bond donors (Lipinski definition) is 2. The molecule has 2 aromatic heterocycles. The number of ether oxygens (including phenoxy) is 1. The molecular weight excluding hydrogens is 411 g/mol. The van der Waals surface area contributed by atoms with Gasteiger partial charge in [-0.05, 0) is 42.5 Å². The summed E-state index contributed by atoms with van der Waals surface area (Å²) in [5.74, 6) is 1.50. The van der Waals surface area contributed by atoms with Crippen LogP contribution in [0.3, 0.4) is 0 Å². The Hall–Kier alpha value is -4.08. The zero-order chi connectivity index (χ0) is 22.0. The summed E-state index contributed by atoms with van der Waals surface area (Å²) in [6, 6.07) is 13.4. The smallest absolute Gasteiger partial charge is 0.416 e. The number of hydrogen-bond acceptors (Lipinski definition) is 6. The van der Waals surface area contributed by atoms with Crippen LogP contribution in [0, 0.1) is 0 Å². The van der Waals surface area contributed by atoms with Crippen molar-refractivity contribution in [3.05, 3.63) is 72.1 Å². The third kappa shape index (κ3) is 4.42. The summed E-state index contributed by atoms with van der Waals surface area (Å²) >= 11 is 0. The van der Waals surface area contributed by atoms with Gasteiger partial charge in [-0.15, -0.1) is 0 Å². The Bertz CT molecular complexity index is 1250. The molecule has 2 heterocycles. The quantitative estimate of drug-likeness (QED) is 0.255. The second kappa shape index (κ2) is 7.98. The Labute approximate surface area is 174 Å². The minimum absolute atomic E-state index is 0.432. The fourth-order valence-corrected chi connectivity index (χ4v) is 2.98. The Kier molecular flexibility index (Phi) is 5.20. The molecule has 2 aromatic carbocycles. The van der Waals surface area contributed by atoms with Crippen LogP contribution in [0.1, 0.15) is 11.3 Å². The molecular formula is C21H16F3N5O2. The standard InChI is InChI=1S/C21H16F3N5O2/c1-29-19-7-6-16(31-17-8-9-25-15(10-17)12-26-30)11-18(19)28-20(29)27-14-4-2-13(3-5-14)21(22,23)24/h2-12,30H,1H3,(H,27,28). The third-order valence-electron chi connectivity index (χ3n) is 4.50. The average molecular weight is 427 g/mol. The Morgan fingerprint density at radius 1 is 1.06 bits per heavy atom. The lowest BCUT2D eigenvalue weighted by atomic mass is 10.2. The molecule has 0 amide bonds. The minimum atomic E-state index is -4.38. The lowest BCUT2D eigenvalue weighted by Gasteiger charge is -2.09. The molecule has 0 aliphatic heterocycles. The molecule has 4 aromatic rings. The van der Waals surface area contributed by atoms with Crippen molar-refractivity contribution in [1.82, 2.24) is 14.5 Å². The molecule has 0 atom stereocenters. The highest BCUT2D eigenvalue weighted by atomic mass is 19.4. The molecule has 0 unspecified atom stereocenters. The van der Waals surface area contributed by atoms with Gasteiger partial charge in [-0.3, -0.25) is 4.98 Å². The van der Waals surface area contributed by atoms with E-state index in [1.807, 2.05) is 6.07 Å². The summed E-state index contributed by atoms with van der Waals surface area (Å²) < 4.78 is 45.8. The molecule has 2 N–H and O–H groups in total. The van der Waals surface area contributed by atoms with E-state index in [0.717, 1.165) is 17.6 Å². The highest BCUT2D eigenvalue weighted by Gasteiger charge is 2.30. The number of nitrogens with one attached hydrogen (secondary N) is 1. The van der Waals surface area contributed by atoms with Crippen LogP contribution in [0.15, 0.2) is 65.9 Å². The van der Waals surface area contributed by atoms with Gasteiger partial charge in [-0.2, -0.15) is 13.2 Å². The van der Waals surface area contributed by atoms with Gasteiger partial charge in [-0.25, -0.2) is 4.98 Å². The first-order valence-electron chi connectivity index (χ1n) is 9.05. The number of rotatable bonds is 5. The Morgan fingerprint density at radius 3 is 2.52 bits per heavy atom. The number of oxime groups is 1. The first-order valence-corrected chi connectivity index (χ1v) is 9.05. The van der Waals surface area contributed by atoms with E-state index in [0.29, 0.717) is 34.3 Å². The number of pyridine rings is 1. The Morgan fingerprint density at radius 2 is 1.81 bits per heavy atom. The van der Waals surface area contributed by atoms with E-state index in [9.17, 15) is 13.2 Å². The first-order chi connectivity index (χ1) is 14.8. The number of imidazole rings is 1. The van der Waals surface area contributed by atoms with Gasteiger partial charge in [0, 0.05) is 31.1 Å². The zero-order valence-electron chi connectivity index (χ0n) is 16.1. The van der Waals surface area contributed by atoms with E-state index < -0.39 is 11.7 Å². The van der Waals surface area contributed by atoms with Gasteiger partial charge in [0.1, 0.15) is 11.5 Å². The van der Waals surface area contributed by atoms with Crippen molar-refractivity contribution in [2.45, 2.75) is 6.18 Å². The molecule has 31 heavy (non-hydrogen) atoms. The summed E-state index contributed by atoms with van der Waals surface area (Å²) in [7, 11) is 1.80. The molecule has 0 fully saturated rings. The van der Waals surface area contributed by atoms with Crippen LogP contribution >= 0.6 is 0 Å². The lowest BCUT2D eigenvalue weighted by molar-refractivity contribution is -0.137. The number of halogens is 3. The van der Waals surface area contributed by atoms with Crippen molar-refractivity contribution in [2.75, 3.05) is 5.32 Å². The monoisotopic (exact) mass is 427 g/mol. The maximum atomic E-state index is 12.7. The van der Waals surface area contributed by atoms with Gasteiger partial charge >= 0.3 is 6.18 Å². The predicted octanol–water partition coefficient (Wildman–Crippen LogP) is 5.33. The number of aromatic nitrogens is 3. The molecule has 0 saturated heterocycles. The lowest BCUT2D eigenvalue weighted by Crippen LogP contribution is -2.05. The van der Waals surface area contributed by atoms with Crippen LogP contribution in [0.2, 0.25) is 0 Å². The molecule has 0 aliphatic carbocycles. The SMILES string of the molecule is Cn1c(Nc2ccc(C(F)(F)F)cc2)nc2cc(Oc3ccnc(C=NO)c3)ccc21. The summed E-state index contributed by atoms with van der Waals surface area (Å²) in [6.07, 6.45) is -1.67. The van der Waals surface area contributed by atoms with Gasteiger partial charge in [0.25, 0.3) is 0 Å². The van der Waals surface area contributed by atoms with E-state index >= 15 is 0 Å². The maximum Gasteiger partial charge on any atom is 0.416 e. The number of benzene rings is 2. The number of nitrogens with zero attached hydrogens (tertiary/aromatic N) is 4. The van der Waals surface area contributed by atoms with Crippen LogP contribution < -0.4 is 10.1 Å². The van der Waals surface area contributed by atoms with Gasteiger partial charge in [0.2, 0.25) is 5.95 Å². The average Bonchev–Trinajstić information content (AvgIpc) is 3.03. The van der Waals surface area contributed by atoms with Crippen molar-refractivity contribution in [2.24, 2.45) is 12.2 Å². The normalized spacial score (nSPS) is 11.9. The largest absolute Gasteiger partial charge is 0.457 e. The summed E-state index contributed by atoms with van der Waals surface area (Å²) in [4.78, 5) is 8.53. The second-order valence-electron chi connectivity index (χ2n) is 6.61. The van der Waals surface area contributed by atoms with Crippen molar-refractivity contribution >= 4 is 28.9 Å². The molecule has 4 rings (SSSR count). The summed E-state index contributed by atoms with van der Waals surface area (Å²) in [5.41, 5.74) is 1.65. The predicted molar refractivity (Wildman–Crippen MR) is 109 cm³/mol. The number of anilines is 2. The molecule has 0 bridgehead atoms. The second-order valence-corrected chi connectivity index (χ2v) is 6.61. The third-order valence-corrected chi connectivity index (χ3v) is 4.50. The number of alkyl halides is 3. The molecule has 0 aliphatic rings. The van der Waals surface area contributed by atoms with Crippen molar-refractivity contribution in [3.8, 4) is 11.5 Å². The van der Waals surface area contributed by atoms with Gasteiger partial charge in [0.05, 0.1) is 28.5 Å². The zero-order valence-corrected chi connectivity index (χ0v) is 16.1. The molecule has 7 nitrogen and oxygen atoms in total. The van der Waals surface area contributed by atoms with Crippen LogP contribution in [-0.4, -0.2) is 26.0 Å². The molecule has 10 heteroatoms. The van der Waals surface area contributed by atoms with Crippen LogP contribution in [0.25, 0.3) is 11.0 Å². The van der Waals surface area contributed by atoms with Gasteiger partial charge in [0.15, 0.2) is 0 Å². The van der Waals surface area contributed by atoms with Crippen molar-refractivity contribution in [3.63, 3.8) is 0 Å². The Balaban J connectivity index is 1.57. The number of fused-ring (bicyclic) bond motifs is 1. The molecule has 0 spiro atoms. The van der Waals surface area contributed by atoms with E-state index in [1.54, 1.807) is 35.9 Å². The fraction of sp³-hybridized carbons (Fsp3) is 0.0952. The van der Waals surface area contributed by atoms with E-state index in [4.69, 9.17) is 9.94 Å². The highest BCUT2D eigenvalue weighted by Crippen LogP contribution is 2.31. The van der Waals surface area contributed by atoms with E-state index in [2.05, 4.69) is 20.4 Å². The minimum Gasteiger partial charge on any atom is -0.457 e. The van der Waals surface area contributed by atoms with E-state index in [1.165, 1.54) is 24.5 Å². The first kappa shape index (κ1) is 20.2. The van der Waals surface area contributed by atoms with Gasteiger partial charge < -0.3 is 19.8 Å². The summed E-state index contributed by atoms with van der Waals surface area (Å²) in [6.45, 7) is 0. The molecule has 158 valence electrons. The van der Waals surface area contributed by atoms with Crippen LogP contribution in [0.5, 0.6) is 11.5 Å². The van der Waals surface area contributed by atoms with Gasteiger partial charge in [-0.1, -0.05) is 5.16 Å². The van der Waals surface area contributed by atoms with Crippen molar-refractivity contribution in [1.29, 1.82) is 0 Å². The number of aryl methyl sites for hydroxylation is 1. The maximum absolute atomic E-state index is 12.7. The molecule has 0 saturated carbocycles. The molecule has 0 radical (unpaired) electrons. The van der Waals surface area contributed by atoms with Crippen molar-refractivity contribution < 1.29 is 23.1 Å². The van der Waals surface area contributed by atoms with E-state index in [-0.39, 0.29) is 0 Å². The topological polar surface area (TPSA) is 84.6 Å². The van der Waals surface area contributed by atoms with Crippen LogP contribution in [-0.2, 0) is 13.2 Å². The fourth-order valence-electron chi connectivity index (χ4n) is 2.98. The highest BCUT2D eigenvalue weighted by molar-refractivity contribution is 5.81.